The molecule has 0 atom stereocenters. The van der Waals surface area contributed by atoms with E-state index < -0.39 is 0 Å². The Morgan fingerprint density at radius 1 is 1.24 bits per heavy atom. The van der Waals surface area contributed by atoms with Crippen molar-refractivity contribution >= 4 is 5.69 Å². The number of nitrogens with two attached hydrogens (primary N) is 1. The van der Waals surface area contributed by atoms with E-state index in [4.69, 9.17) is 5.73 Å². The van der Waals surface area contributed by atoms with Crippen LogP contribution >= 0.6 is 0 Å². The molecule has 0 aliphatic rings. The third-order valence-corrected chi connectivity index (χ3v) is 2.72. The lowest BCUT2D eigenvalue weighted by atomic mass is 9.96. The van der Waals surface area contributed by atoms with Crippen LogP contribution in [0.5, 0.6) is 0 Å². The van der Waals surface area contributed by atoms with Crippen molar-refractivity contribution < 1.29 is 0 Å². The minimum absolute atomic E-state index is 0.0197. The first-order chi connectivity index (χ1) is 7.88. The molecule has 2 rings (SSSR count). The molecule has 0 saturated carbocycles. The van der Waals surface area contributed by atoms with Crippen LogP contribution in [0.2, 0.25) is 0 Å². The van der Waals surface area contributed by atoms with E-state index >= 15 is 0 Å². The van der Waals surface area contributed by atoms with Crippen LogP contribution in [0.4, 0.5) is 5.69 Å². The third-order valence-electron chi connectivity index (χ3n) is 2.72. The van der Waals surface area contributed by atoms with Crippen molar-refractivity contribution in [3.63, 3.8) is 0 Å². The molecule has 0 bridgehead atoms. The van der Waals surface area contributed by atoms with Gasteiger partial charge in [-0.15, -0.1) is 0 Å². The summed E-state index contributed by atoms with van der Waals surface area (Å²) in [6.45, 7) is 8.29. The predicted octanol–water partition coefficient (Wildman–Crippen LogP) is 2.66. The number of aromatic nitrogens is 3. The molecule has 3 N–H and O–H groups in total. The molecule has 1 heterocycles. The Bertz CT molecular complexity index is 535. The van der Waals surface area contributed by atoms with Crippen molar-refractivity contribution in [1.82, 2.24) is 15.2 Å². The zero-order valence-corrected chi connectivity index (χ0v) is 10.7. The summed E-state index contributed by atoms with van der Waals surface area (Å²) in [5, 5.41) is 7.23. The molecule has 0 aliphatic heterocycles. The summed E-state index contributed by atoms with van der Waals surface area (Å²) in [7, 11) is 0. The van der Waals surface area contributed by atoms with Crippen LogP contribution in [0.1, 0.15) is 32.2 Å². The molecular formula is C13H18N4. The number of nitrogen functional groups attached to an aromatic ring is 1. The maximum atomic E-state index is 5.79. The van der Waals surface area contributed by atoms with E-state index in [0.29, 0.717) is 0 Å². The number of benzene rings is 1. The van der Waals surface area contributed by atoms with Crippen LogP contribution in [-0.2, 0) is 5.41 Å². The van der Waals surface area contributed by atoms with Gasteiger partial charge in [0, 0.05) is 16.7 Å². The van der Waals surface area contributed by atoms with Crippen LogP contribution in [-0.4, -0.2) is 15.2 Å². The molecular weight excluding hydrogens is 212 g/mol. The predicted molar refractivity (Wildman–Crippen MR) is 69.7 cm³/mol. The first-order valence-electron chi connectivity index (χ1n) is 5.67. The molecule has 0 amide bonds. The average Bonchev–Trinajstić information content (AvgIpc) is 2.70. The highest BCUT2D eigenvalue weighted by atomic mass is 15.2. The van der Waals surface area contributed by atoms with Crippen molar-refractivity contribution in [3.8, 4) is 11.4 Å². The summed E-state index contributed by atoms with van der Waals surface area (Å²) in [5.74, 6) is 1.61. The average molecular weight is 230 g/mol. The molecule has 4 heteroatoms. The maximum Gasteiger partial charge on any atom is 0.181 e. The van der Waals surface area contributed by atoms with E-state index in [1.165, 1.54) is 0 Å². The number of aromatic amines is 1. The molecule has 4 nitrogen and oxygen atoms in total. The summed E-state index contributed by atoms with van der Waals surface area (Å²) in [6, 6.07) is 5.83. The fourth-order valence-electron chi connectivity index (χ4n) is 1.54. The number of hydrogen-bond donors (Lipinski definition) is 2. The largest absolute Gasteiger partial charge is 0.399 e. The lowest BCUT2D eigenvalue weighted by Gasteiger charge is -2.12. The van der Waals surface area contributed by atoms with Gasteiger partial charge in [-0.25, -0.2) is 4.98 Å². The Morgan fingerprint density at radius 2 is 1.94 bits per heavy atom. The summed E-state index contributed by atoms with van der Waals surface area (Å²) in [6.07, 6.45) is 0. The molecule has 0 spiro atoms. The SMILES string of the molecule is Cc1cc(-c2n[nH]c(C(C)(C)C)n2)ccc1N. The molecule has 2 aromatic rings. The zero-order chi connectivity index (χ0) is 12.6. The highest BCUT2D eigenvalue weighted by molar-refractivity contribution is 5.61. The molecule has 90 valence electrons. The molecule has 17 heavy (non-hydrogen) atoms. The molecule has 1 aromatic carbocycles. The van der Waals surface area contributed by atoms with Crippen molar-refractivity contribution in [1.29, 1.82) is 0 Å². The van der Waals surface area contributed by atoms with Gasteiger partial charge >= 0.3 is 0 Å². The fraction of sp³-hybridized carbons (Fsp3) is 0.385. The van der Waals surface area contributed by atoms with E-state index in [2.05, 4.69) is 36.0 Å². The van der Waals surface area contributed by atoms with Crippen molar-refractivity contribution in [3.05, 3.63) is 29.6 Å². The van der Waals surface area contributed by atoms with Crippen molar-refractivity contribution in [2.75, 3.05) is 5.73 Å². The number of anilines is 1. The van der Waals surface area contributed by atoms with Gasteiger partial charge in [0.1, 0.15) is 5.82 Å². The van der Waals surface area contributed by atoms with Crippen molar-refractivity contribution in [2.24, 2.45) is 0 Å². The van der Waals surface area contributed by atoms with E-state index in [-0.39, 0.29) is 5.41 Å². The lowest BCUT2D eigenvalue weighted by Crippen LogP contribution is -2.13. The van der Waals surface area contributed by atoms with E-state index in [0.717, 1.165) is 28.5 Å². The van der Waals surface area contributed by atoms with E-state index in [1.54, 1.807) is 0 Å². The smallest absolute Gasteiger partial charge is 0.181 e. The number of rotatable bonds is 1. The second-order valence-corrected chi connectivity index (χ2v) is 5.33. The van der Waals surface area contributed by atoms with Gasteiger partial charge in [0.15, 0.2) is 5.82 Å². The summed E-state index contributed by atoms with van der Waals surface area (Å²) in [5.41, 5.74) is 8.60. The molecule has 1 aromatic heterocycles. The number of aryl methyl sites for hydroxylation is 1. The minimum Gasteiger partial charge on any atom is -0.399 e. The number of hydrogen-bond acceptors (Lipinski definition) is 3. The maximum absolute atomic E-state index is 5.79. The van der Waals surface area contributed by atoms with Gasteiger partial charge in [0.25, 0.3) is 0 Å². The first kappa shape index (κ1) is 11.6. The minimum atomic E-state index is -0.0197. The molecule has 0 saturated heterocycles. The lowest BCUT2D eigenvalue weighted by molar-refractivity contribution is 0.548. The molecule has 0 fully saturated rings. The Balaban J connectivity index is 2.40. The van der Waals surface area contributed by atoms with E-state index in [1.807, 2.05) is 25.1 Å². The van der Waals surface area contributed by atoms with Gasteiger partial charge in [-0.1, -0.05) is 20.8 Å². The summed E-state index contributed by atoms with van der Waals surface area (Å²) >= 11 is 0. The molecule has 0 aliphatic carbocycles. The van der Waals surface area contributed by atoms with Crippen LogP contribution in [0.3, 0.4) is 0 Å². The van der Waals surface area contributed by atoms with Gasteiger partial charge in [0.05, 0.1) is 0 Å². The summed E-state index contributed by atoms with van der Waals surface area (Å²) in [4.78, 5) is 4.52. The van der Waals surface area contributed by atoms with Crippen LogP contribution in [0, 0.1) is 6.92 Å². The first-order valence-corrected chi connectivity index (χ1v) is 5.67. The molecule has 0 radical (unpaired) electrons. The number of H-pyrrole nitrogens is 1. The van der Waals surface area contributed by atoms with Gasteiger partial charge in [-0.05, 0) is 30.7 Å². The highest BCUT2D eigenvalue weighted by Gasteiger charge is 2.19. The monoisotopic (exact) mass is 230 g/mol. The third kappa shape index (κ3) is 2.30. The standard InChI is InChI=1S/C13H18N4/c1-8-7-9(5-6-10(8)14)11-15-12(17-16-11)13(2,3)4/h5-7H,14H2,1-4H3,(H,15,16,17). The van der Waals surface area contributed by atoms with E-state index in [9.17, 15) is 0 Å². The van der Waals surface area contributed by atoms with Gasteiger partial charge in [-0.3, -0.25) is 5.10 Å². The Kier molecular flexibility index (Phi) is 2.65. The Morgan fingerprint density at radius 3 is 2.47 bits per heavy atom. The Labute approximate surface area is 101 Å². The number of nitrogens with one attached hydrogen (secondary N) is 1. The summed E-state index contributed by atoms with van der Waals surface area (Å²) < 4.78 is 0. The number of nitrogens with zero attached hydrogens (tertiary/aromatic N) is 2. The Hall–Kier alpha value is -1.84. The van der Waals surface area contributed by atoms with Gasteiger partial charge in [-0.2, -0.15) is 5.10 Å². The fourth-order valence-corrected chi connectivity index (χ4v) is 1.54. The van der Waals surface area contributed by atoms with Crippen LogP contribution in [0.15, 0.2) is 18.2 Å². The van der Waals surface area contributed by atoms with Crippen LogP contribution < -0.4 is 5.73 Å². The van der Waals surface area contributed by atoms with Crippen molar-refractivity contribution in [2.45, 2.75) is 33.1 Å². The van der Waals surface area contributed by atoms with Crippen LogP contribution in [0.25, 0.3) is 11.4 Å². The van der Waals surface area contributed by atoms with Gasteiger partial charge in [0.2, 0.25) is 0 Å². The second-order valence-electron chi connectivity index (χ2n) is 5.33. The topological polar surface area (TPSA) is 67.6 Å². The van der Waals surface area contributed by atoms with Gasteiger partial charge < -0.3 is 5.73 Å². The second kappa shape index (κ2) is 3.87. The zero-order valence-electron chi connectivity index (χ0n) is 10.7. The normalized spacial score (nSPS) is 11.8. The quantitative estimate of drug-likeness (QED) is 0.740. The molecule has 0 unspecified atom stereocenters. The highest BCUT2D eigenvalue weighted by Crippen LogP contribution is 2.23.